The maximum Gasteiger partial charge on any atom is 0.407 e. The van der Waals surface area contributed by atoms with Crippen LogP contribution < -0.4 is 39.5 Å². The number of nitrogens with two attached hydrogens (primary N) is 1. The van der Waals surface area contributed by atoms with E-state index >= 15 is 0 Å². The van der Waals surface area contributed by atoms with Crippen LogP contribution in [-0.4, -0.2) is 51.3 Å². The normalized spacial score (nSPS) is 12.8. The molecule has 3 N–H and O–H groups in total. The Balaban J connectivity index is 0.000000202. The number of alkyl carbamates (subject to hydrolysis) is 1. The minimum atomic E-state index is -0.561. The molecular formula is C85H86Br4N2O8. The number of benzene rings is 10. The second-order valence-corrected chi connectivity index (χ2v) is 29.6. The molecule has 12 rings (SSSR count). The lowest BCUT2D eigenvalue weighted by molar-refractivity contribution is 0.0523. The van der Waals surface area contributed by atoms with Crippen LogP contribution in [0.2, 0.25) is 0 Å². The maximum atomic E-state index is 12.0. The van der Waals surface area contributed by atoms with Crippen molar-refractivity contribution in [3.05, 3.63) is 292 Å². The Labute approximate surface area is 617 Å². The van der Waals surface area contributed by atoms with Crippen LogP contribution in [0.15, 0.2) is 236 Å². The largest absolute Gasteiger partial charge is 0.494 e. The molecule has 512 valence electrons. The SMILES string of the molecule is CCCCCCOc1ccc(C2(c3ccc(OCCOc4ccc(CN)cc4)cc3)c3cc(Br)ccc3-c3ccc(Br)cc32)cc1.CCCCCCOc1ccc(C2(c3ccc(OCCOc4ccc(CNC(=O)OC(C)(C)C)cc4)cc3)c3cc(Br)ccc3-c3ccc(Br)cc32)cc1. The molecule has 0 aliphatic heterocycles. The zero-order valence-electron chi connectivity index (χ0n) is 57.0. The Morgan fingerprint density at radius 3 is 0.909 bits per heavy atom. The molecule has 2 aliphatic carbocycles. The highest BCUT2D eigenvalue weighted by molar-refractivity contribution is 9.11. The summed E-state index contributed by atoms with van der Waals surface area (Å²) in [6.45, 7) is 14.0. The fourth-order valence-corrected chi connectivity index (χ4v) is 14.8. The highest BCUT2D eigenvalue weighted by Gasteiger charge is 2.48. The molecule has 10 aromatic rings. The number of rotatable bonds is 29. The van der Waals surface area contributed by atoms with E-state index in [0.29, 0.717) is 39.5 Å². The Hall–Kier alpha value is -7.85. The van der Waals surface area contributed by atoms with E-state index in [1.54, 1.807) is 0 Å². The van der Waals surface area contributed by atoms with Gasteiger partial charge in [-0.3, -0.25) is 0 Å². The third kappa shape index (κ3) is 17.5. The van der Waals surface area contributed by atoms with Crippen LogP contribution in [0.4, 0.5) is 4.79 Å². The zero-order chi connectivity index (χ0) is 69.4. The van der Waals surface area contributed by atoms with Crippen molar-refractivity contribution in [1.82, 2.24) is 5.32 Å². The average Bonchev–Trinajstić information content (AvgIpc) is 1.56. The van der Waals surface area contributed by atoms with Gasteiger partial charge >= 0.3 is 6.09 Å². The van der Waals surface area contributed by atoms with Crippen molar-refractivity contribution in [2.75, 3.05) is 39.6 Å². The number of unbranched alkanes of at least 4 members (excludes halogenated alkanes) is 6. The molecule has 0 aromatic heterocycles. The van der Waals surface area contributed by atoms with Crippen LogP contribution in [0, 0.1) is 0 Å². The minimum Gasteiger partial charge on any atom is -0.494 e. The van der Waals surface area contributed by atoms with E-state index in [0.717, 1.165) is 95.1 Å². The number of ether oxygens (including phenoxy) is 7. The second kappa shape index (κ2) is 34.0. The molecule has 1 amide bonds. The van der Waals surface area contributed by atoms with Crippen LogP contribution in [0.3, 0.4) is 0 Å². The Morgan fingerprint density at radius 2 is 0.636 bits per heavy atom. The predicted octanol–water partition coefficient (Wildman–Crippen LogP) is 22.5. The van der Waals surface area contributed by atoms with Crippen LogP contribution in [0.5, 0.6) is 34.5 Å². The summed E-state index contributed by atoms with van der Waals surface area (Å²) in [5.74, 6) is 4.90. The number of carbonyl (C=O) groups excluding carboxylic acids is 1. The lowest BCUT2D eigenvalue weighted by atomic mass is 9.67. The van der Waals surface area contributed by atoms with Gasteiger partial charge in [0.2, 0.25) is 0 Å². The number of hydrogen-bond acceptors (Lipinski definition) is 9. The molecule has 10 nitrogen and oxygen atoms in total. The Morgan fingerprint density at radius 1 is 0.364 bits per heavy atom. The molecule has 0 saturated carbocycles. The van der Waals surface area contributed by atoms with Crippen molar-refractivity contribution in [2.45, 2.75) is 116 Å². The third-order valence-corrected chi connectivity index (χ3v) is 19.9. The van der Waals surface area contributed by atoms with E-state index in [1.807, 2.05) is 81.4 Å². The molecule has 0 saturated heterocycles. The van der Waals surface area contributed by atoms with Crippen molar-refractivity contribution in [2.24, 2.45) is 5.73 Å². The molecule has 0 heterocycles. The van der Waals surface area contributed by atoms with E-state index in [-0.39, 0.29) is 0 Å². The molecule has 2 aliphatic rings. The molecule has 10 aromatic carbocycles. The Bertz CT molecular complexity index is 4190. The molecule has 0 radical (unpaired) electrons. The summed E-state index contributed by atoms with van der Waals surface area (Å²) < 4.78 is 45.8. The zero-order valence-corrected chi connectivity index (χ0v) is 63.3. The summed E-state index contributed by atoms with van der Waals surface area (Å²) in [4.78, 5) is 12.0. The summed E-state index contributed by atoms with van der Waals surface area (Å²) in [5, 5.41) is 2.78. The molecular weight excluding hydrogens is 1500 g/mol. The molecule has 99 heavy (non-hydrogen) atoms. The number of amides is 1. The number of carbonyl (C=O) groups is 1. The molecule has 0 spiro atoms. The summed E-state index contributed by atoms with van der Waals surface area (Å²) in [5.41, 5.74) is 20.6. The highest BCUT2D eigenvalue weighted by atomic mass is 79.9. The first-order valence-corrected chi connectivity index (χ1v) is 37.5. The second-order valence-electron chi connectivity index (χ2n) is 25.9. The fraction of sp³-hybridized carbons (Fsp3) is 0.282. The van der Waals surface area contributed by atoms with Gasteiger partial charge in [0.25, 0.3) is 0 Å². The van der Waals surface area contributed by atoms with Crippen molar-refractivity contribution < 1.29 is 38.0 Å². The Kier molecular flexibility index (Phi) is 24.9. The van der Waals surface area contributed by atoms with Gasteiger partial charge in [-0.1, -0.05) is 213 Å². The van der Waals surface area contributed by atoms with Gasteiger partial charge in [0.1, 0.15) is 66.5 Å². The number of hydrogen-bond donors (Lipinski definition) is 2. The van der Waals surface area contributed by atoms with Crippen molar-refractivity contribution in [3.8, 4) is 56.8 Å². The quantitative estimate of drug-likeness (QED) is 0.0442. The summed E-state index contributed by atoms with van der Waals surface area (Å²) in [6.07, 6.45) is 9.00. The van der Waals surface area contributed by atoms with Gasteiger partial charge in [0, 0.05) is 31.0 Å². The van der Waals surface area contributed by atoms with E-state index in [2.05, 4.69) is 241 Å². The van der Waals surface area contributed by atoms with E-state index in [1.165, 1.54) is 99.7 Å². The standard InChI is InChI=1S/C45H47Br2NO5.C40H39Br2NO3/c1-5-6-7-8-25-50-37-19-11-32(12-20-37)45(41-28-34(46)15-23-39(41)40-24-16-35(47)29-42(40)45)33-13-21-38(22-14-33)52-27-26-51-36-17-9-31(10-18-36)30-48-43(49)53-44(2,3)4;1-2-3-4-5-22-44-34-16-8-29(9-17-34)40(38-25-31(41)12-20-36(38)37-21-13-32(42)26-39(37)40)30-10-18-35(19-11-30)46-24-23-45-33-14-6-28(27-43)7-15-33/h9-24,28-29H,5-8,25-27,30H2,1-4H3,(H,48,49);6-21,25-26H,2-5,22-24,27,43H2,1H3. The predicted molar refractivity (Wildman–Crippen MR) is 413 cm³/mol. The number of halogens is 4. The summed E-state index contributed by atoms with van der Waals surface area (Å²) >= 11 is 15.1. The van der Waals surface area contributed by atoms with Crippen LogP contribution in [0.1, 0.15) is 142 Å². The number of fused-ring (bicyclic) bond motifs is 6. The maximum absolute atomic E-state index is 12.0. The van der Waals surface area contributed by atoms with Gasteiger partial charge < -0.3 is 44.2 Å². The first kappa shape index (κ1) is 72.4. The van der Waals surface area contributed by atoms with Crippen LogP contribution in [0.25, 0.3) is 22.3 Å². The molecule has 0 bridgehead atoms. The van der Waals surface area contributed by atoms with E-state index in [4.69, 9.17) is 38.9 Å². The van der Waals surface area contributed by atoms with Gasteiger partial charge in [-0.05, 0) is 233 Å². The minimum absolute atomic E-state index is 0.375. The number of nitrogens with one attached hydrogen (secondary N) is 1. The smallest absolute Gasteiger partial charge is 0.407 e. The van der Waals surface area contributed by atoms with Crippen molar-refractivity contribution in [1.29, 1.82) is 0 Å². The fourth-order valence-electron chi connectivity index (χ4n) is 13.3. The first-order chi connectivity index (χ1) is 48.1. The van der Waals surface area contributed by atoms with Gasteiger partial charge in [0.05, 0.1) is 24.0 Å². The molecule has 0 atom stereocenters. The lowest BCUT2D eigenvalue weighted by Crippen LogP contribution is -2.32. The van der Waals surface area contributed by atoms with Crippen molar-refractivity contribution >= 4 is 69.8 Å². The van der Waals surface area contributed by atoms with Crippen molar-refractivity contribution in [3.63, 3.8) is 0 Å². The third-order valence-electron chi connectivity index (χ3n) is 18.0. The van der Waals surface area contributed by atoms with E-state index < -0.39 is 22.5 Å². The highest BCUT2D eigenvalue weighted by Crippen LogP contribution is 2.59. The van der Waals surface area contributed by atoms with E-state index in [9.17, 15) is 4.79 Å². The topological polar surface area (TPSA) is 120 Å². The molecule has 14 heteroatoms. The molecule has 0 unspecified atom stereocenters. The van der Waals surface area contributed by atoms with Gasteiger partial charge in [-0.2, -0.15) is 0 Å². The first-order valence-electron chi connectivity index (χ1n) is 34.3. The van der Waals surface area contributed by atoms with Gasteiger partial charge in [-0.15, -0.1) is 0 Å². The van der Waals surface area contributed by atoms with Crippen LogP contribution >= 0.6 is 63.7 Å². The summed E-state index contributed by atoms with van der Waals surface area (Å²) in [6, 6.07) is 76.2. The molecule has 0 fully saturated rings. The van der Waals surface area contributed by atoms with Crippen LogP contribution in [-0.2, 0) is 28.7 Å². The van der Waals surface area contributed by atoms with Gasteiger partial charge in [0.15, 0.2) is 0 Å². The monoisotopic (exact) mass is 1580 g/mol. The summed E-state index contributed by atoms with van der Waals surface area (Å²) in [7, 11) is 0. The lowest BCUT2D eigenvalue weighted by Gasteiger charge is -2.34. The van der Waals surface area contributed by atoms with Gasteiger partial charge in [-0.25, -0.2) is 4.79 Å². The average molecular weight is 1580 g/mol.